The maximum absolute atomic E-state index is 12.1. The standard InChI is InChI=1S/C15H14BrN3O/c1-9-2-5-11(8-12(9)16)17-15(20)14-7-6-13(18-19-14)10-3-4-10/h2,5-8,10H,3-4H2,1H3,(H,17,20). The Kier molecular flexibility index (Phi) is 3.53. The van der Waals surface area contributed by atoms with Crippen molar-refractivity contribution in [1.82, 2.24) is 10.2 Å². The predicted octanol–water partition coefficient (Wildman–Crippen LogP) is 3.68. The molecular weight excluding hydrogens is 318 g/mol. The van der Waals surface area contributed by atoms with Crippen molar-refractivity contribution < 1.29 is 4.79 Å². The number of hydrogen-bond donors (Lipinski definition) is 1. The zero-order chi connectivity index (χ0) is 14.1. The van der Waals surface area contributed by atoms with E-state index in [1.165, 1.54) is 12.8 Å². The van der Waals surface area contributed by atoms with Crippen LogP contribution in [0.1, 0.15) is 40.5 Å². The number of nitrogens with zero attached hydrogens (tertiary/aromatic N) is 2. The summed E-state index contributed by atoms with van der Waals surface area (Å²) in [7, 11) is 0. The van der Waals surface area contributed by atoms with Gasteiger partial charge in [0, 0.05) is 16.1 Å². The van der Waals surface area contributed by atoms with Gasteiger partial charge in [-0.2, -0.15) is 5.10 Å². The van der Waals surface area contributed by atoms with Gasteiger partial charge >= 0.3 is 0 Å². The molecule has 0 unspecified atom stereocenters. The fourth-order valence-electron chi connectivity index (χ4n) is 1.93. The van der Waals surface area contributed by atoms with Crippen LogP contribution in [0, 0.1) is 6.92 Å². The number of carbonyl (C=O) groups excluding carboxylic acids is 1. The van der Waals surface area contributed by atoms with Crippen LogP contribution in [0.5, 0.6) is 0 Å². The van der Waals surface area contributed by atoms with E-state index in [4.69, 9.17) is 0 Å². The first-order valence-corrected chi connectivity index (χ1v) is 7.34. The fraction of sp³-hybridized carbons (Fsp3) is 0.267. The highest BCUT2D eigenvalue weighted by molar-refractivity contribution is 9.10. The number of anilines is 1. The molecule has 1 aliphatic rings. The smallest absolute Gasteiger partial charge is 0.276 e. The van der Waals surface area contributed by atoms with Gasteiger partial charge in [0.05, 0.1) is 5.69 Å². The van der Waals surface area contributed by atoms with E-state index in [0.717, 1.165) is 21.4 Å². The van der Waals surface area contributed by atoms with Crippen LogP contribution in [0.15, 0.2) is 34.8 Å². The molecule has 0 spiro atoms. The molecule has 5 heteroatoms. The van der Waals surface area contributed by atoms with Gasteiger partial charge in [0.25, 0.3) is 5.91 Å². The molecule has 0 radical (unpaired) electrons. The van der Waals surface area contributed by atoms with Crippen LogP contribution >= 0.6 is 15.9 Å². The Morgan fingerprint density at radius 3 is 2.65 bits per heavy atom. The summed E-state index contributed by atoms with van der Waals surface area (Å²) in [5.41, 5.74) is 3.18. The number of carbonyl (C=O) groups is 1. The first-order valence-electron chi connectivity index (χ1n) is 6.54. The Balaban J connectivity index is 1.73. The zero-order valence-corrected chi connectivity index (χ0v) is 12.6. The number of benzene rings is 1. The van der Waals surface area contributed by atoms with Crippen LogP contribution in [0.4, 0.5) is 5.69 Å². The van der Waals surface area contributed by atoms with Gasteiger partial charge in [-0.3, -0.25) is 4.79 Å². The van der Waals surface area contributed by atoms with Crippen molar-refractivity contribution in [2.24, 2.45) is 0 Å². The van der Waals surface area contributed by atoms with Crippen molar-refractivity contribution >= 4 is 27.5 Å². The van der Waals surface area contributed by atoms with Crippen LogP contribution < -0.4 is 5.32 Å². The highest BCUT2D eigenvalue weighted by Gasteiger charge is 2.25. The van der Waals surface area contributed by atoms with E-state index < -0.39 is 0 Å². The van der Waals surface area contributed by atoms with Crippen molar-refractivity contribution in [3.8, 4) is 0 Å². The van der Waals surface area contributed by atoms with Crippen LogP contribution in [0.25, 0.3) is 0 Å². The van der Waals surface area contributed by atoms with Crippen molar-refractivity contribution in [2.75, 3.05) is 5.32 Å². The Morgan fingerprint density at radius 2 is 2.05 bits per heavy atom. The molecule has 0 saturated heterocycles. The summed E-state index contributed by atoms with van der Waals surface area (Å²) in [5, 5.41) is 10.9. The van der Waals surface area contributed by atoms with Crippen LogP contribution in [0.2, 0.25) is 0 Å². The highest BCUT2D eigenvalue weighted by atomic mass is 79.9. The number of halogens is 1. The van der Waals surface area contributed by atoms with Crippen LogP contribution in [-0.2, 0) is 0 Å². The molecule has 1 aromatic carbocycles. The van der Waals surface area contributed by atoms with Crippen LogP contribution in [0.3, 0.4) is 0 Å². The molecule has 1 heterocycles. The minimum absolute atomic E-state index is 0.240. The SMILES string of the molecule is Cc1ccc(NC(=O)c2ccc(C3CC3)nn2)cc1Br. The third-order valence-electron chi connectivity index (χ3n) is 3.34. The molecule has 3 rings (SSSR count). The second-order valence-electron chi connectivity index (χ2n) is 5.04. The Labute approximate surface area is 125 Å². The lowest BCUT2D eigenvalue weighted by atomic mass is 10.2. The van der Waals surface area contributed by atoms with Crippen LogP contribution in [-0.4, -0.2) is 16.1 Å². The molecule has 0 aliphatic heterocycles. The molecule has 1 fully saturated rings. The van der Waals surface area contributed by atoms with E-state index in [1.54, 1.807) is 6.07 Å². The molecule has 20 heavy (non-hydrogen) atoms. The van der Waals surface area contributed by atoms with E-state index in [9.17, 15) is 4.79 Å². The summed E-state index contributed by atoms with van der Waals surface area (Å²) in [4.78, 5) is 12.1. The molecule has 2 aromatic rings. The van der Waals surface area contributed by atoms with E-state index >= 15 is 0 Å². The maximum Gasteiger partial charge on any atom is 0.276 e. The molecular formula is C15H14BrN3O. The zero-order valence-electron chi connectivity index (χ0n) is 11.1. The Hall–Kier alpha value is -1.75. The topological polar surface area (TPSA) is 54.9 Å². The fourth-order valence-corrected chi connectivity index (χ4v) is 2.31. The Morgan fingerprint density at radius 1 is 1.25 bits per heavy atom. The van der Waals surface area contributed by atoms with Crippen molar-refractivity contribution in [1.29, 1.82) is 0 Å². The molecule has 102 valence electrons. The van der Waals surface area contributed by atoms with Gasteiger partial charge in [-0.15, -0.1) is 5.10 Å². The number of rotatable bonds is 3. The monoisotopic (exact) mass is 331 g/mol. The van der Waals surface area contributed by atoms with Gasteiger partial charge in [0.15, 0.2) is 5.69 Å². The van der Waals surface area contributed by atoms with Gasteiger partial charge in [0.1, 0.15) is 0 Å². The normalized spacial score (nSPS) is 14.1. The lowest BCUT2D eigenvalue weighted by Crippen LogP contribution is -2.14. The molecule has 0 atom stereocenters. The lowest BCUT2D eigenvalue weighted by Gasteiger charge is -2.06. The molecule has 1 N–H and O–H groups in total. The predicted molar refractivity (Wildman–Crippen MR) is 80.8 cm³/mol. The number of nitrogens with one attached hydrogen (secondary N) is 1. The minimum Gasteiger partial charge on any atom is -0.321 e. The summed E-state index contributed by atoms with van der Waals surface area (Å²) in [5.74, 6) is 0.309. The minimum atomic E-state index is -0.240. The van der Waals surface area contributed by atoms with Gasteiger partial charge in [-0.1, -0.05) is 22.0 Å². The van der Waals surface area contributed by atoms with Gasteiger partial charge in [0.2, 0.25) is 0 Å². The average Bonchev–Trinajstić information content (AvgIpc) is 3.28. The van der Waals surface area contributed by atoms with Gasteiger partial charge < -0.3 is 5.32 Å². The number of amides is 1. The molecule has 1 aliphatic carbocycles. The van der Waals surface area contributed by atoms with E-state index in [-0.39, 0.29) is 5.91 Å². The number of hydrogen-bond acceptors (Lipinski definition) is 3. The van der Waals surface area contributed by atoms with E-state index in [0.29, 0.717) is 11.6 Å². The largest absolute Gasteiger partial charge is 0.321 e. The average molecular weight is 332 g/mol. The summed E-state index contributed by atoms with van der Waals surface area (Å²) in [6.45, 7) is 2.00. The third kappa shape index (κ3) is 2.88. The number of aromatic nitrogens is 2. The molecule has 4 nitrogen and oxygen atoms in total. The van der Waals surface area contributed by atoms with Crippen molar-refractivity contribution in [3.63, 3.8) is 0 Å². The first-order chi connectivity index (χ1) is 9.63. The van der Waals surface area contributed by atoms with Gasteiger partial charge in [-0.05, 0) is 49.6 Å². The highest BCUT2D eigenvalue weighted by Crippen LogP contribution is 2.38. The Bertz CT molecular complexity index is 651. The van der Waals surface area contributed by atoms with Crippen molar-refractivity contribution in [3.05, 3.63) is 51.8 Å². The molecule has 1 saturated carbocycles. The summed E-state index contributed by atoms with van der Waals surface area (Å²) < 4.78 is 0.963. The summed E-state index contributed by atoms with van der Waals surface area (Å²) >= 11 is 3.45. The maximum atomic E-state index is 12.1. The third-order valence-corrected chi connectivity index (χ3v) is 4.20. The second kappa shape index (κ2) is 5.32. The first kappa shape index (κ1) is 13.2. The van der Waals surface area contributed by atoms with Crippen molar-refractivity contribution in [2.45, 2.75) is 25.7 Å². The summed E-state index contributed by atoms with van der Waals surface area (Å²) in [6, 6.07) is 9.31. The molecule has 0 bridgehead atoms. The molecule has 1 amide bonds. The second-order valence-corrected chi connectivity index (χ2v) is 5.89. The summed E-state index contributed by atoms with van der Waals surface area (Å²) in [6.07, 6.45) is 2.36. The van der Waals surface area contributed by atoms with E-state index in [1.807, 2.05) is 31.2 Å². The number of aryl methyl sites for hydroxylation is 1. The lowest BCUT2D eigenvalue weighted by molar-refractivity contribution is 0.102. The van der Waals surface area contributed by atoms with Gasteiger partial charge in [-0.25, -0.2) is 0 Å². The van der Waals surface area contributed by atoms with E-state index in [2.05, 4.69) is 31.4 Å². The quantitative estimate of drug-likeness (QED) is 0.933. The molecule has 1 aromatic heterocycles.